The van der Waals surface area contributed by atoms with E-state index in [1.807, 2.05) is 13.8 Å². The third-order valence-electron chi connectivity index (χ3n) is 3.63. The molecule has 1 heterocycles. The van der Waals surface area contributed by atoms with Crippen LogP contribution in [0.25, 0.3) is 0 Å². The van der Waals surface area contributed by atoms with E-state index in [0.29, 0.717) is 11.4 Å². The zero-order valence-corrected chi connectivity index (χ0v) is 11.5. The standard InChI is InChI=1S/C14H20N4O/c1-3-11-12(8-15)14(18-17-13(11)4-2)19-10-6-5-9(16)7-10/h9-10H,3-7,16H2,1-2H3. The van der Waals surface area contributed by atoms with Crippen LogP contribution in [-0.4, -0.2) is 22.3 Å². The Bertz CT molecular complexity index is 495. The Morgan fingerprint density at radius 1 is 1.32 bits per heavy atom. The number of hydrogen-bond acceptors (Lipinski definition) is 5. The number of rotatable bonds is 4. The molecule has 2 unspecified atom stereocenters. The van der Waals surface area contributed by atoms with Crippen molar-refractivity contribution in [2.75, 3.05) is 0 Å². The van der Waals surface area contributed by atoms with E-state index >= 15 is 0 Å². The molecule has 5 heteroatoms. The molecule has 1 saturated carbocycles. The molecule has 1 aromatic heterocycles. The number of ether oxygens (including phenoxy) is 1. The Morgan fingerprint density at radius 3 is 2.63 bits per heavy atom. The van der Waals surface area contributed by atoms with E-state index in [-0.39, 0.29) is 12.1 Å². The van der Waals surface area contributed by atoms with Crippen LogP contribution in [-0.2, 0) is 12.8 Å². The van der Waals surface area contributed by atoms with Gasteiger partial charge in [0.2, 0.25) is 0 Å². The van der Waals surface area contributed by atoms with E-state index in [9.17, 15) is 5.26 Å². The molecule has 0 amide bonds. The molecule has 1 aliphatic rings. The zero-order valence-electron chi connectivity index (χ0n) is 11.5. The SMILES string of the molecule is CCc1nnc(OC2CCC(N)C2)c(C#N)c1CC. The summed E-state index contributed by atoms with van der Waals surface area (Å²) in [7, 11) is 0. The van der Waals surface area contributed by atoms with E-state index in [1.165, 1.54) is 0 Å². The molecule has 1 aromatic rings. The Kier molecular flexibility index (Phi) is 4.33. The Balaban J connectivity index is 2.28. The molecule has 0 saturated heterocycles. The summed E-state index contributed by atoms with van der Waals surface area (Å²) < 4.78 is 5.83. The van der Waals surface area contributed by atoms with Crippen LogP contribution < -0.4 is 10.5 Å². The third-order valence-corrected chi connectivity index (χ3v) is 3.63. The quantitative estimate of drug-likeness (QED) is 0.891. The lowest BCUT2D eigenvalue weighted by molar-refractivity contribution is 0.196. The van der Waals surface area contributed by atoms with Crippen molar-refractivity contribution in [2.45, 2.75) is 58.1 Å². The average molecular weight is 260 g/mol. The Labute approximate surface area is 113 Å². The van der Waals surface area contributed by atoms with Gasteiger partial charge >= 0.3 is 0 Å². The molecule has 5 nitrogen and oxygen atoms in total. The highest BCUT2D eigenvalue weighted by Crippen LogP contribution is 2.27. The van der Waals surface area contributed by atoms with Crippen LogP contribution in [0.2, 0.25) is 0 Å². The van der Waals surface area contributed by atoms with Crippen molar-refractivity contribution in [2.24, 2.45) is 5.73 Å². The van der Waals surface area contributed by atoms with Gasteiger partial charge in [0, 0.05) is 6.04 Å². The Morgan fingerprint density at radius 2 is 2.11 bits per heavy atom. The molecule has 0 spiro atoms. The first-order chi connectivity index (χ1) is 9.19. The molecule has 0 aliphatic heterocycles. The molecular formula is C14H20N4O. The summed E-state index contributed by atoms with van der Waals surface area (Å²) in [5.74, 6) is 0.371. The molecule has 0 radical (unpaired) electrons. The van der Waals surface area contributed by atoms with Gasteiger partial charge in [0.1, 0.15) is 17.7 Å². The minimum absolute atomic E-state index is 0.0635. The van der Waals surface area contributed by atoms with Crippen molar-refractivity contribution in [3.63, 3.8) is 0 Å². The predicted octanol–water partition coefficient (Wildman–Crippen LogP) is 1.73. The number of aromatic nitrogens is 2. The van der Waals surface area contributed by atoms with Gasteiger partial charge < -0.3 is 10.5 Å². The highest BCUT2D eigenvalue weighted by molar-refractivity contribution is 5.46. The summed E-state index contributed by atoms with van der Waals surface area (Å²) in [6.07, 6.45) is 4.32. The van der Waals surface area contributed by atoms with Gasteiger partial charge in [0.15, 0.2) is 0 Å². The molecular weight excluding hydrogens is 240 g/mol. The van der Waals surface area contributed by atoms with Gasteiger partial charge in [0.05, 0.1) is 5.69 Å². The second-order valence-corrected chi connectivity index (χ2v) is 4.94. The van der Waals surface area contributed by atoms with Crippen molar-refractivity contribution in [1.29, 1.82) is 5.26 Å². The second kappa shape index (κ2) is 5.98. The minimum Gasteiger partial charge on any atom is -0.472 e. The first-order valence-electron chi connectivity index (χ1n) is 6.90. The largest absolute Gasteiger partial charge is 0.472 e. The number of nitrogens with two attached hydrogens (primary N) is 1. The molecule has 102 valence electrons. The molecule has 0 bridgehead atoms. The topological polar surface area (TPSA) is 84.8 Å². The fourth-order valence-electron chi connectivity index (χ4n) is 2.59. The number of nitrogens with zero attached hydrogens (tertiary/aromatic N) is 3. The number of hydrogen-bond donors (Lipinski definition) is 1. The summed E-state index contributed by atoms with van der Waals surface area (Å²) in [5, 5.41) is 17.6. The fourth-order valence-corrected chi connectivity index (χ4v) is 2.59. The van der Waals surface area contributed by atoms with Gasteiger partial charge in [-0.2, -0.15) is 10.4 Å². The van der Waals surface area contributed by atoms with Crippen LogP contribution in [0.3, 0.4) is 0 Å². The van der Waals surface area contributed by atoms with Crippen molar-refractivity contribution < 1.29 is 4.74 Å². The van der Waals surface area contributed by atoms with Crippen molar-refractivity contribution in [3.05, 3.63) is 16.8 Å². The smallest absolute Gasteiger partial charge is 0.252 e. The molecule has 2 atom stereocenters. The van der Waals surface area contributed by atoms with Gasteiger partial charge in [-0.3, -0.25) is 0 Å². The zero-order chi connectivity index (χ0) is 13.8. The molecule has 19 heavy (non-hydrogen) atoms. The molecule has 1 fully saturated rings. The van der Waals surface area contributed by atoms with Crippen LogP contribution in [0.15, 0.2) is 0 Å². The summed E-state index contributed by atoms with van der Waals surface area (Å²) in [4.78, 5) is 0. The van der Waals surface area contributed by atoms with Gasteiger partial charge in [-0.1, -0.05) is 13.8 Å². The van der Waals surface area contributed by atoms with Gasteiger partial charge in [-0.05, 0) is 37.7 Å². The normalized spacial score (nSPS) is 22.2. The second-order valence-electron chi connectivity index (χ2n) is 4.94. The van der Waals surface area contributed by atoms with Crippen LogP contribution in [0, 0.1) is 11.3 Å². The highest BCUT2D eigenvalue weighted by atomic mass is 16.5. The highest BCUT2D eigenvalue weighted by Gasteiger charge is 2.25. The molecule has 0 aromatic carbocycles. The van der Waals surface area contributed by atoms with E-state index in [0.717, 1.165) is 43.4 Å². The van der Waals surface area contributed by atoms with E-state index < -0.39 is 0 Å². The van der Waals surface area contributed by atoms with Crippen molar-refractivity contribution in [3.8, 4) is 11.9 Å². The molecule has 2 N–H and O–H groups in total. The monoisotopic (exact) mass is 260 g/mol. The van der Waals surface area contributed by atoms with Crippen LogP contribution in [0.5, 0.6) is 5.88 Å². The van der Waals surface area contributed by atoms with E-state index in [4.69, 9.17) is 10.5 Å². The van der Waals surface area contributed by atoms with Crippen LogP contribution >= 0.6 is 0 Å². The number of nitriles is 1. The average Bonchev–Trinajstić information content (AvgIpc) is 2.83. The number of aryl methyl sites for hydroxylation is 1. The maximum absolute atomic E-state index is 9.35. The first-order valence-corrected chi connectivity index (χ1v) is 6.90. The lowest BCUT2D eigenvalue weighted by Gasteiger charge is -2.15. The van der Waals surface area contributed by atoms with Crippen molar-refractivity contribution in [1.82, 2.24) is 10.2 Å². The first kappa shape index (κ1) is 13.8. The van der Waals surface area contributed by atoms with Gasteiger partial charge in [0.25, 0.3) is 5.88 Å². The third kappa shape index (κ3) is 2.85. The van der Waals surface area contributed by atoms with E-state index in [1.54, 1.807) is 0 Å². The molecule has 1 aliphatic carbocycles. The lowest BCUT2D eigenvalue weighted by atomic mass is 10.0. The summed E-state index contributed by atoms with van der Waals surface area (Å²) in [6, 6.07) is 2.41. The summed E-state index contributed by atoms with van der Waals surface area (Å²) >= 11 is 0. The maximum Gasteiger partial charge on any atom is 0.252 e. The van der Waals surface area contributed by atoms with Crippen LogP contribution in [0.1, 0.15) is 49.9 Å². The predicted molar refractivity (Wildman–Crippen MR) is 71.7 cm³/mol. The lowest BCUT2D eigenvalue weighted by Crippen LogP contribution is -2.20. The summed E-state index contributed by atoms with van der Waals surface area (Å²) in [5.41, 5.74) is 8.25. The van der Waals surface area contributed by atoms with E-state index in [2.05, 4.69) is 16.3 Å². The minimum atomic E-state index is 0.0635. The van der Waals surface area contributed by atoms with Gasteiger partial charge in [-0.25, -0.2) is 0 Å². The van der Waals surface area contributed by atoms with Crippen molar-refractivity contribution >= 4 is 0 Å². The van der Waals surface area contributed by atoms with Gasteiger partial charge in [-0.15, -0.1) is 5.10 Å². The fraction of sp³-hybridized carbons (Fsp3) is 0.643. The Hall–Kier alpha value is -1.67. The maximum atomic E-state index is 9.35. The molecule has 2 rings (SSSR count). The summed E-state index contributed by atoms with van der Waals surface area (Å²) in [6.45, 7) is 4.03. The van der Waals surface area contributed by atoms with Crippen LogP contribution in [0.4, 0.5) is 0 Å².